The van der Waals surface area contributed by atoms with Gasteiger partial charge in [0.25, 0.3) is 5.91 Å². The van der Waals surface area contributed by atoms with Gasteiger partial charge in [-0.3, -0.25) is 19.5 Å². The van der Waals surface area contributed by atoms with Gasteiger partial charge in [0.15, 0.2) is 0 Å². The predicted octanol–water partition coefficient (Wildman–Crippen LogP) is 5.76. The van der Waals surface area contributed by atoms with Crippen molar-refractivity contribution >= 4 is 29.4 Å². The van der Waals surface area contributed by atoms with Crippen LogP contribution in [0.3, 0.4) is 0 Å². The Kier molecular flexibility index (Phi) is 7.86. The first-order valence-electron chi connectivity index (χ1n) is 12.6. The van der Waals surface area contributed by atoms with E-state index in [0.29, 0.717) is 29.7 Å². The minimum Gasteiger partial charge on any atom is -0.376 e. The molecular weight excluding hydrogens is 500 g/mol. The average molecular weight is 529 g/mol. The van der Waals surface area contributed by atoms with Gasteiger partial charge in [-0.25, -0.2) is 4.98 Å². The summed E-state index contributed by atoms with van der Waals surface area (Å²) in [4.78, 5) is 33.1. The van der Waals surface area contributed by atoms with Crippen molar-refractivity contribution < 1.29 is 14.3 Å². The van der Waals surface area contributed by atoms with Crippen molar-refractivity contribution in [3.8, 4) is 16.9 Å². The van der Waals surface area contributed by atoms with E-state index >= 15 is 0 Å². The molecule has 3 aromatic carbocycles. The van der Waals surface area contributed by atoms with Crippen molar-refractivity contribution in [2.45, 2.75) is 25.9 Å². The Hall–Kier alpha value is -3.94. The van der Waals surface area contributed by atoms with Gasteiger partial charge in [0.2, 0.25) is 11.9 Å². The van der Waals surface area contributed by atoms with E-state index in [1.165, 1.54) is 4.90 Å². The molecule has 194 valence electrons. The summed E-state index contributed by atoms with van der Waals surface area (Å²) < 4.78 is 7.62. The average Bonchev–Trinajstić information content (AvgIpc) is 3.59. The van der Waals surface area contributed by atoms with E-state index in [1.807, 2.05) is 72.3 Å². The van der Waals surface area contributed by atoms with Crippen LogP contribution in [0.25, 0.3) is 16.9 Å². The second-order valence-corrected chi connectivity index (χ2v) is 9.78. The minimum absolute atomic E-state index is 0.117. The van der Waals surface area contributed by atoms with Crippen molar-refractivity contribution in [3.05, 3.63) is 101 Å². The van der Waals surface area contributed by atoms with Crippen molar-refractivity contribution in [2.24, 2.45) is 0 Å². The zero-order chi connectivity index (χ0) is 26.5. The zero-order valence-corrected chi connectivity index (χ0v) is 21.9. The third-order valence-electron chi connectivity index (χ3n) is 6.48. The lowest BCUT2D eigenvalue weighted by Crippen LogP contribution is -2.42. The first kappa shape index (κ1) is 25.7. The Labute approximate surface area is 227 Å². The first-order chi connectivity index (χ1) is 18.5. The van der Waals surface area contributed by atoms with E-state index in [0.717, 1.165) is 35.3 Å². The van der Waals surface area contributed by atoms with Gasteiger partial charge in [0.1, 0.15) is 6.54 Å². The van der Waals surface area contributed by atoms with Crippen molar-refractivity contribution in [3.63, 3.8) is 0 Å². The molecule has 2 amide bonds. The molecule has 7 nitrogen and oxygen atoms in total. The first-order valence-corrected chi connectivity index (χ1v) is 13.0. The van der Waals surface area contributed by atoms with Gasteiger partial charge in [0, 0.05) is 30.6 Å². The van der Waals surface area contributed by atoms with Crippen LogP contribution < -0.4 is 5.32 Å². The molecule has 0 saturated carbocycles. The molecule has 1 aliphatic heterocycles. The number of imidazole rings is 1. The van der Waals surface area contributed by atoms with Gasteiger partial charge < -0.3 is 9.64 Å². The Morgan fingerprint density at radius 2 is 1.87 bits per heavy atom. The molecule has 0 radical (unpaired) electrons. The molecule has 38 heavy (non-hydrogen) atoms. The summed E-state index contributed by atoms with van der Waals surface area (Å²) in [6.45, 7) is 2.81. The second kappa shape index (κ2) is 11.6. The van der Waals surface area contributed by atoms with Crippen LogP contribution in [-0.4, -0.2) is 52.1 Å². The number of ether oxygens (including phenoxy) is 1. The quantitative estimate of drug-likeness (QED) is 0.315. The third-order valence-corrected chi connectivity index (χ3v) is 6.81. The molecule has 1 fully saturated rings. The molecular formula is C30H29ClN4O3. The summed E-state index contributed by atoms with van der Waals surface area (Å²) in [6, 6.07) is 24.6. The molecule has 8 heteroatoms. The summed E-state index contributed by atoms with van der Waals surface area (Å²) in [5.41, 5.74) is 3.97. The fourth-order valence-corrected chi connectivity index (χ4v) is 4.80. The van der Waals surface area contributed by atoms with Gasteiger partial charge >= 0.3 is 0 Å². The highest BCUT2D eigenvalue weighted by molar-refractivity contribution is 6.33. The predicted molar refractivity (Wildman–Crippen MR) is 149 cm³/mol. The Morgan fingerprint density at radius 3 is 2.61 bits per heavy atom. The topological polar surface area (TPSA) is 76.5 Å². The molecule has 0 unspecified atom stereocenters. The van der Waals surface area contributed by atoms with Crippen molar-refractivity contribution in [2.75, 3.05) is 25.0 Å². The number of carbonyl (C=O) groups is 2. The normalized spacial score (nSPS) is 14.8. The van der Waals surface area contributed by atoms with Crippen molar-refractivity contribution in [1.82, 2.24) is 14.5 Å². The van der Waals surface area contributed by atoms with Crippen molar-refractivity contribution in [1.29, 1.82) is 0 Å². The van der Waals surface area contributed by atoms with E-state index in [4.69, 9.17) is 21.3 Å². The van der Waals surface area contributed by atoms with Crippen LogP contribution in [0.2, 0.25) is 5.02 Å². The fraction of sp³-hybridized carbons (Fsp3) is 0.233. The number of anilines is 1. The third kappa shape index (κ3) is 5.96. The number of aromatic nitrogens is 2. The summed E-state index contributed by atoms with van der Waals surface area (Å²) >= 11 is 6.32. The van der Waals surface area contributed by atoms with Gasteiger partial charge in [-0.05, 0) is 49.6 Å². The van der Waals surface area contributed by atoms with Crippen LogP contribution >= 0.6 is 11.6 Å². The van der Waals surface area contributed by atoms with Crippen LogP contribution in [-0.2, 0) is 9.53 Å². The van der Waals surface area contributed by atoms with E-state index in [2.05, 4.69) is 5.32 Å². The number of rotatable bonds is 8. The van der Waals surface area contributed by atoms with Crippen LogP contribution in [0.1, 0.15) is 28.8 Å². The van der Waals surface area contributed by atoms with E-state index in [9.17, 15) is 9.59 Å². The molecule has 4 aromatic rings. The van der Waals surface area contributed by atoms with E-state index in [1.54, 1.807) is 24.3 Å². The number of nitrogens with zero attached hydrogens (tertiary/aromatic N) is 3. The lowest BCUT2D eigenvalue weighted by Gasteiger charge is -2.25. The van der Waals surface area contributed by atoms with Gasteiger partial charge in [0.05, 0.1) is 22.4 Å². The number of nitrogens with one attached hydrogen (secondary N) is 1. The van der Waals surface area contributed by atoms with E-state index in [-0.39, 0.29) is 24.5 Å². The zero-order valence-electron chi connectivity index (χ0n) is 21.1. The van der Waals surface area contributed by atoms with Crippen LogP contribution in [0, 0.1) is 6.92 Å². The van der Waals surface area contributed by atoms with Crippen LogP contribution in [0.5, 0.6) is 0 Å². The lowest BCUT2D eigenvalue weighted by molar-refractivity contribution is -0.117. The largest absolute Gasteiger partial charge is 0.376 e. The fourth-order valence-electron chi connectivity index (χ4n) is 4.59. The number of halogens is 1. The molecule has 1 atom stereocenters. The highest BCUT2D eigenvalue weighted by atomic mass is 35.5. The molecule has 2 heterocycles. The molecule has 1 N–H and O–H groups in total. The summed E-state index contributed by atoms with van der Waals surface area (Å²) in [7, 11) is 0. The summed E-state index contributed by atoms with van der Waals surface area (Å²) in [6.07, 6.45) is 3.56. The second-order valence-electron chi connectivity index (χ2n) is 9.37. The molecule has 1 aliphatic rings. The maximum atomic E-state index is 13.4. The number of amides is 2. The maximum absolute atomic E-state index is 13.4. The highest BCUT2D eigenvalue weighted by Crippen LogP contribution is 2.25. The molecule has 5 rings (SSSR count). The lowest BCUT2D eigenvalue weighted by atomic mass is 10.1. The number of hydrogen-bond acceptors (Lipinski definition) is 4. The van der Waals surface area contributed by atoms with Gasteiger partial charge in [-0.15, -0.1) is 0 Å². The number of hydrogen-bond donors (Lipinski definition) is 1. The molecule has 1 saturated heterocycles. The van der Waals surface area contributed by atoms with E-state index < -0.39 is 0 Å². The smallest absolute Gasteiger partial charge is 0.255 e. The van der Waals surface area contributed by atoms with Crippen LogP contribution in [0.15, 0.2) is 85.1 Å². The highest BCUT2D eigenvalue weighted by Gasteiger charge is 2.27. The standard InChI is InChI=1S/C30H29ClN4O3/c1-21-9-7-12-23(17-21)35-19-27(22-10-3-2-4-11-22)32-30(35)33-28(36)20-34(18-24-13-8-16-38-24)29(37)25-14-5-6-15-26(25)31/h2-7,9-12,14-15,17,19,24H,8,13,16,18,20H2,1H3,(H,32,33,36)/t24-/m0/s1. The number of benzene rings is 3. The Balaban J connectivity index is 1.42. The Morgan fingerprint density at radius 1 is 1.08 bits per heavy atom. The Bertz CT molecular complexity index is 1430. The minimum atomic E-state index is -0.359. The number of carbonyl (C=O) groups excluding carboxylic acids is 2. The molecule has 0 aliphatic carbocycles. The molecule has 1 aromatic heterocycles. The monoisotopic (exact) mass is 528 g/mol. The summed E-state index contributed by atoms with van der Waals surface area (Å²) in [5.74, 6) is -0.294. The van der Waals surface area contributed by atoms with Gasteiger partial charge in [-0.2, -0.15) is 0 Å². The van der Waals surface area contributed by atoms with Crippen LogP contribution in [0.4, 0.5) is 5.95 Å². The maximum Gasteiger partial charge on any atom is 0.255 e. The molecule has 0 spiro atoms. The summed E-state index contributed by atoms with van der Waals surface area (Å²) in [5, 5.41) is 3.29. The van der Waals surface area contributed by atoms with Gasteiger partial charge in [-0.1, -0.05) is 66.2 Å². The SMILES string of the molecule is Cc1cccc(-n2cc(-c3ccccc3)nc2NC(=O)CN(C[C@@H]2CCCO2)C(=O)c2ccccc2Cl)c1. The molecule has 0 bridgehead atoms. The number of aryl methyl sites for hydroxylation is 1.